The second-order valence-corrected chi connectivity index (χ2v) is 3.03. The summed E-state index contributed by atoms with van der Waals surface area (Å²) in [4.78, 5) is 8.48. The molecule has 5 heteroatoms. The first kappa shape index (κ1) is 10.2. The topological polar surface area (TPSA) is 48.8 Å². The van der Waals surface area contributed by atoms with Crippen LogP contribution in [-0.2, 0) is 0 Å². The van der Waals surface area contributed by atoms with Crippen LogP contribution in [-0.4, -0.2) is 23.6 Å². The van der Waals surface area contributed by atoms with Gasteiger partial charge in [-0.15, -0.1) is 11.6 Å². The number of hydrazine groups is 1. The maximum atomic E-state index is 5.68. The highest BCUT2D eigenvalue weighted by Gasteiger charge is 2.03. The molecule has 1 aliphatic rings. The standard InChI is InChI=1S/C8H13ClN4/c1-6-3-4-10-13-8(5-9)12-7(2)11-6/h3-4,8,10,13H,5H2,1-2H3/b4-3-,11-6-,12-7+. The molecule has 72 valence electrons. The van der Waals surface area contributed by atoms with Crippen LogP contribution in [0.4, 0.5) is 0 Å². The first-order chi connectivity index (χ1) is 6.22. The maximum absolute atomic E-state index is 5.68. The molecular formula is C8H13ClN4. The summed E-state index contributed by atoms with van der Waals surface area (Å²) in [6.07, 6.45) is 3.50. The van der Waals surface area contributed by atoms with Crippen molar-refractivity contribution in [2.24, 2.45) is 9.98 Å². The summed E-state index contributed by atoms with van der Waals surface area (Å²) < 4.78 is 0. The van der Waals surface area contributed by atoms with Crippen molar-refractivity contribution in [3.05, 3.63) is 12.3 Å². The summed E-state index contributed by atoms with van der Waals surface area (Å²) in [6.45, 7) is 3.77. The smallest absolute Gasteiger partial charge is 0.131 e. The van der Waals surface area contributed by atoms with Gasteiger partial charge < -0.3 is 5.43 Å². The van der Waals surface area contributed by atoms with E-state index in [2.05, 4.69) is 20.8 Å². The van der Waals surface area contributed by atoms with Gasteiger partial charge in [-0.3, -0.25) is 0 Å². The quantitative estimate of drug-likeness (QED) is 0.622. The third-order valence-electron chi connectivity index (χ3n) is 1.48. The molecule has 1 heterocycles. The van der Waals surface area contributed by atoms with Gasteiger partial charge in [0.05, 0.1) is 5.88 Å². The van der Waals surface area contributed by atoms with Gasteiger partial charge in [0, 0.05) is 11.9 Å². The highest BCUT2D eigenvalue weighted by Crippen LogP contribution is 1.95. The SMILES string of the molecule is CC1=N/C(C)=N/C(CCl)NN/C=C\1. The Morgan fingerprint density at radius 1 is 1.54 bits per heavy atom. The number of halogens is 1. The first-order valence-corrected chi connectivity index (χ1v) is 4.59. The Kier molecular flexibility index (Phi) is 3.92. The normalized spacial score (nSPS) is 33.9. The predicted octanol–water partition coefficient (Wildman–Crippen LogP) is 1.05. The number of nitrogens with zero attached hydrogens (tertiary/aromatic N) is 2. The van der Waals surface area contributed by atoms with E-state index in [4.69, 9.17) is 11.6 Å². The Morgan fingerprint density at radius 2 is 2.31 bits per heavy atom. The van der Waals surface area contributed by atoms with Gasteiger partial charge in [0.2, 0.25) is 0 Å². The summed E-state index contributed by atoms with van der Waals surface area (Å²) in [5.41, 5.74) is 6.72. The summed E-state index contributed by atoms with van der Waals surface area (Å²) in [5, 5.41) is 0. The summed E-state index contributed by atoms with van der Waals surface area (Å²) in [7, 11) is 0. The van der Waals surface area contributed by atoms with Crippen molar-refractivity contribution in [1.82, 2.24) is 10.9 Å². The molecule has 0 aromatic carbocycles. The van der Waals surface area contributed by atoms with Gasteiger partial charge in [-0.2, -0.15) is 0 Å². The Labute approximate surface area is 82.8 Å². The average Bonchev–Trinajstić information content (AvgIpc) is 2.16. The van der Waals surface area contributed by atoms with Gasteiger partial charge in [-0.25, -0.2) is 15.4 Å². The van der Waals surface area contributed by atoms with Crippen LogP contribution < -0.4 is 10.9 Å². The van der Waals surface area contributed by atoms with Crippen LogP contribution in [0.15, 0.2) is 22.3 Å². The zero-order chi connectivity index (χ0) is 9.68. The van der Waals surface area contributed by atoms with Crippen LogP contribution in [0.25, 0.3) is 0 Å². The van der Waals surface area contributed by atoms with Gasteiger partial charge in [-0.05, 0) is 19.9 Å². The molecule has 0 aromatic heterocycles. The molecule has 0 radical (unpaired) electrons. The summed E-state index contributed by atoms with van der Waals surface area (Å²) in [5.74, 6) is 1.14. The zero-order valence-corrected chi connectivity index (χ0v) is 8.47. The highest BCUT2D eigenvalue weighted by molar-refractivity contribution is 6.18. The van der Waals surface area contributed by atoms with Gasteiger partial charge in [0.1, 0.15) is 12.0 Å². The van der Waals surface area contributed by atoms with Crippen LogP contribution in [0.5, 0.6) is 0 Å². The summed E-state index contributed by atoms with van der Waals surface area (Å²) in [6, 6.07) is 0. The number of nitrogens with one attached hydrogen (secondary N) is 2. The van der Waals surface area contributed by atoms with E-state index < -0.39 is 0 Å². The van der Waals surface area contributed by atoms with Crippen molar-refractivity contribution in [3.63, 3.8) is 0 Å². The van der Waals surface area contributed by atoms with Crippen LogP contribution in [0.1, 0.15) is 13.8 Å². The molecule has 1 unspecified atom stereocenters. The van der Waals surface area contributed by atoms with E-state index in [1.165, 1.54) is 0 Å². The number of hydrogen-bond donors (Lipinski definition) is 2. The van der Waals surface area contributed by atoms with Gasteiger partial charge in [-0.1, -0.05) is 0 Å². The molecule has 0 aromatic rings. The van der Waals surface area contributed by atoms with Gasteiger partial charge >= 0.3 is 0 Å². The van der Waals surface area contributed by atoms with Crippen molar-refractivity contribution >= 4 is 23.1 Å². The maximum Gasteiger partial charge on any atom is 0.131 e. The largest absolute Gasteiger partial charge is 0.327 e. The Hall–Kier alpha value is -0.870. The number of allylic oxidation sites excluding steroid dienone is 1. The van der Waals surface area contributed by atoms with E-state index in [0.717, 1.165) is 11.5 Å². The Balaban J connectivity index is 2.81. The lowest BCUT2D eigenvalue weighted by Crippen LogP contribution is -2.37. The van der Waals surface area contributed by atoms with Crippen molar-refractivity contribution in [2.75, 3.05) is 5.88 Å². The fourth-order valence-corrected chi connectivity index (χ4v) is 1.10. The second kappa shape index (κ2) is 4.99. The number of aliphatic imine (C=N–C) groups is 2. The first-order valence-electron chi connectivity index (χ1n) is 4.05. The fraction of sp³-hybridized carbons (Fsp3) is 0.500. The fourth-order valence-electron chi connectivity index (χ4n) is 0.959. The molecule has 0 aliphatic carbocycles. The monoisotopic (exact) mass is 200 g/mol. The van der Waals surface area contributed by atoms with Crippen LogP contribution in [0.3, 0.4) is 0 Å². The molecule has 0 saturated heterocycles. The Morgan fingerprint density at radius 3 is 3.00 bits per heavy atom. The molecule has 1 rings (SSSR count). The number of amidine groups is 1. The van der Waals surface area contributed by atoms with E-state index in [9.17, 15) is 0 Å². The number of rotatable bonds is 1. The lowest BCUT2D eigenvalue weighted by Gasteiger charge is -2.10. The lowest BCUT2D eigenvalue weighted by atomic mass is 10.4. The third-order valence-corrected chi connectivity index (χ3v) is 1.78. The molecule has 4 nitrogen and oxygen atoms in total. The van der Waals surface area contributed by atoms with Crippen molar-refractivity contribution < 1.29 is 0 Å². The zero-order valence-electron chi connectivity index (χ0n) is 7.71. The number of alkyl halides is 1. The molecule has 2 N–H and O–H groups in total. The molecule has 1 atom stereocenters. The van der Waals surface area contributed by atoms with Crippen molar-refractivity contribution in [3.8, 4) is 0 Å². The summed E-state index contributed by atoms with van der Waals surface area (Å²) >= 11 is 5.68. The minimum absolute atomic E-state index is 0.138. The van der Waals surface area contributed by atoms with Crippen LogP contribution >= 0.6 is 11.6 Å². The Bertz CT molecular complexity index is 257. The van der Waals surface area contributed by atoms with Crippen molar-refractivity contribution in [2.45, 2.75) is 20.0 Å². The second-order valence-electron chi connectivity index (χ2n) is 2.72. The third kappa shape index (κ3) is 3.57. The minimum atomic E-state index is -0.138. The number of hydrogen-bond acceptors (Lipinski definition) is 4. The predicted molar refractivity (Wildman–Crippen MR) is 56.1 cm³/mol. The van der Waals surface area contributed by atoms with E-state index in [1.807, 2.05) is 19.9 Å². The molecule has 0 amide bonds. The molecule has 0 bridgehead atoms. The van der Waals surface area contributed by atoms with Crippen molar-refractivity contribution in [1.29, 1.82) is 0 Å². The molecule has 13 heavy (non-hydrogen) atoms. The molecule has 1 aliphatic heterocycles. The van der Waals surface area contributed by atoms with Gasteiger partial charge in [0.15, 0.2) is 0 Å². The van der Waals surface area contributed by atoms with Gasteiger partial charge in [0.25, 0.3) is 0 Å². The molecule has 0 saturated carbocycles. The van der Waals surface area contributed by atoms with E-state index >= 15 is 0 Å². The van der Waals surface area contributed by atoms with Crippen LogP contribution in [0, 0.1) is 0 Å². The van der Waals surface area contributed by atoms with Crippen LogP contribution in [0.2, 0.25) is 0 Å². The molecular weight excluding hydrogens is 188 g/mol. The average molecular weight is 201 g/mol. The molecule has 0 fully saturated rings. The van der Waals surface area contributed by atoms with E-state index in [0.29, 0.717) is 5.88 Å². The van der Waals surface area contributed by atoms with E-state index in [1.54, 1.807) is 6.20 Å². The van der Waals surface area contributed by atoms with E-state index in [-0.39, 0.29) is 6.17 Å². The lowest BCUT2D eigenvalue weighted by molar-refractivity contribution is 0.527. The molecule has 0 spiro atoms. The highest BCUT2D eigenvalue weighted by atomic mass is 35.5. The minimum Gasteiger partial charge on any atom is -0.327 e.